The average Bonchev–Trinajstić information content (AvgIpc) is 2.70. The molecule has 0 spiro atoms. The Hall–Kier alpha value is -2.77. The number of benzene rings is 2. The number of aromatic nitrogens is 2. The van der Waals surface area contributed by atoms with Crippen LogP contribution >= 0.6 is 15.9 Å². The summed E-state index contributed by atoms with van der Waals surface area (Å²) in [6, 6.07) is 14.9. The van der Waals surface area contributed by atoms with Crippen LogP contribution in [-0.2, 0) is 17.8 Å². The lowest BCUT2D eigenvalue weighted by Crippen LogP contribution is -2.33. The minimum Gasteiger partial charge on any atom is -0.396 e. The van der Waals surface area contributed by atoms with Crippen LogP contribution in [0.15, 0.2) is 57.8 Å². The van der Waals surface area contributed by atoms with Gasteiger partial charge in [-0.1, -0.05) is 36.4 Å². The zero-order chi connectivity index (χ0) is 21.0. The molecule has 0 fully saturated rings. The molecule has 0 aliphatic rings. The lowest BCUT2D eigenvalue weighted by atomic mass is 10.1. The standard InChI is InChI=1S/C22H22BrN3O3/c1-14-8-9-19(18(23)12-14)25-20(28)13-26-21(16-6-4-3-5-7-16)24-15(2)17(10-11-27)22(26)29/h3-9,12,27H,10-11,13H2,1-2H3,(H,25,28). The molecule has 1 amide bonds. The molecule has 1 aromatic heterocycles. The van der Waals surface area contributed by atoms with Crippen LogP contribution in [0.1, 0.15) is 16.8 Å². The number of aliphatic hydroxyl groups is 1. The predicted molar refractivity (Wildman–Crippen MR) is 117 cm³/mol. The Morgan fingerprint density at radius 3 is 2.55 bits per heavy atom. The highest BCUT2D eigenvalue weighted by Gasteiger charge is 2.18. The van der Waals surface area contributed by atoms with E-state index >= 15 is 0 Å². The Morgan fingerprint density at radius 2 is 1.90 bits per heavy atom. The third-order valence-corrected chi connectivity index (χ3v) is 5.22. The third kappa shape index (κ3) is 4.81. The molecule has 3 aromatic rings. The Labute approximate surface area is 177 Å². The third-order valence-electron chi connectivity index (χ3n) is 4.56. The molecule has 3 rings (SSSR count). The van der Waals surface area contributed by atoms with Crippen molar-refractivity contribution >= 4 is 27.5 Å². The van der Waals surface area contributed by atoms with Crippen LogP contribution in [0.25, 0.3) is 11.4 Å². The minimum atomic E-state index is -0.338. The first-order valence-corrected chi connectivity index (χ1v) is 10.0. The second-order valence-electron chi connectivity index (χ2n) is 6.76. The van der Waals surface area contributed by atoms with Crippen LogP contribution in [0.5, 0.6) is 0 Å². The normalized spacial score (nSPS) is 10.8. The maximum atomic E-state index is 13.1. The van der Waals surface area contributed by atoms with Gasteiger partial charge >= 0.3 is 0 Å². The van der Waals surface area contributed by atoms with Gasteiger partial charge in [0.1, 0.15) is 12.4 Å². The first kappa shape index (κ1) is 21.0. The van der Waals surface area contributed by atoms with Crippen molar-refractivity contribution in [3.63, 3.8) is 0 Å². The predicted octanol–water partition coefficient (Wildman–Crippen LogP) is 3.46. The molecule has 0 unspecified atom stereocenters. The number of rotatable bonds is 6. The van der Waals surface area contributed by atoms with Crippen molar-refractivity contribution in [2.75, 3.05) is 11.9 Å². The van der Waals surface area contributed by atoms with E-state index in [1.54, 1.807) is 6.92 Å². The molecule has 2 N–H and O–H groups in total. The average molecular weight is 456 g/mol. The summed E-state index contributed by atoms with van der Waals surface area (Å²) in [5, 5.41) is 12.2. The number of nitrogens with zero attached hydrogens (tertiary/aromatic N) is 2. The summed E-state index contributed by atoms with van der Waals surface area (Å²) in [5.41, 5.74) is 3.09. The summed E-state index contributed by atoms with van der Waals surface area (Å²) in [5.74, 6) is 0.0855. The van der Waals surface area contributed by atoms with Crippen LogP contribution in [0.4, 0.5) is 5.69 Å². The van der Waals surface area contributed by atoms with Gasteiger partial charge in [0.25, 0.3) is 5.56 Å². The molecule has 29 heavy (non-hydrogen) atoms. The summed E-state index contributed by atoms with van der Waals surface area (Å²) >= 11 is 3.44. The Bertz CT molecular complexity index is 1090. The molecule has 6 nitrogen and oxygen atoms in total. The number of carbonyl (C=O) groups is 1. The smallest absolute Gasteiger partial charge is 0.257 e. The molecule has 0 saturated carbocycles. The van der Waals surface area contributed by atoms with Gasteiger partial charge in [-0.25, -0.2) is 4.98 Å². The first-order chi connectivity index (χ1) is 13.9. The van der Waals surface area contributed by atoms with E-state index in [0.717, 1.165) is 15.6 Å². The van der Waals surface area contributed by atoms with Crippen LogP contribution in [-0.4, -0.2) is 27.2 Å². The molecule has 7 heteroatoms. The molecule has 150 valence electrons. The van der Waals surface area contributed by atoms with Crippen molar-refractivity contribution in [2.24, 2.45) is 0 Å². The Kier molecular flexibility index (Phi) is 6.61. The number of anilines is 1. The summed E-state index contributed by atoms with van der Waals surface area (Å²) in [4.78, 5) is 30.4. The summed E-state index contributed by atoms with van der Waals surface area (Å²) in [6.07, 6.45) is 0.192. The Balaban J connectivity index is 2.01. The number of nitrogens with one attached hydrogen (secondary N) is 1. The summed E-state index contributed by atoms with van der Waals surface area (Å²) in [7, 11) is 0. The van der Waals surface area contributed by atoms with Crippen molar-refractivity contribution in [3.05, 3.63) is 80.2 Å². The fraction of sp³-hybridized carbons (Fsp3) is 0.227. The van der Waals surface area contributed by atoms with Crippen molar-refractivity contribution in [1.82, 2.24) is 9.55 Å². The SMILES string of the molecule is Cc1ccc(NC(=O)Cn2c(-c3ccccc3)nc(C)c(CCO)c2=O)c(Br)c1. The quantitative estimate of drug-likeness (QED) is 0.595. The lowest BCUT2D eigenvalue weighted by molar-refractivity contribution is -0.116. The zero-order valence-electron chi connectivity index (χ0n) is 16.3. The highest BCUT2D eigenvalue weighted by Crippen LogP contribution is 2.23. The van der Waals surface area contributed by atoms with Gasteiger partial charge < -0.3 is 10.4 Å². The highest BCUT2D eigenvalue weighted by atomic mass is 79.9. The van der Waals surface area contributed by atoms with Crippen LogP contribution in [0.2, 0.25) is 0 Å². The molecular weight excluding hydrogens is 434 g/mol. The highest BCUT2D eigenvalue weighted by molar-refractivity contribution is 9.10. The molecule has 1 heterocycles. The van der Waals surface area contributed by atoms with Crippen LogP contribution in [0.3, 0.4) is 0 Å². The van der Waals surface area contributed by atoms with E-state index in [1.807, 2.05) is 55.5 Å². The number of hydrogen-bond acceptors (Lipinski definition) is 4. The molecule has 0 bridgehead atoms. The van der Waals surface area contributed by atoms with Crippen molar-refractivity contribution in [3.8, 4) is 11.4 Å². The number of aliphatic hydroxyl groups excluding tert-OH is 1. The number of halogens is 1. The van der Waals surface area contributed by atoms with Gasteiger partial charge in [-0.05, 0) is 47.5 Å². The van der Waals surface area contributed by atoms with Gasteiger partial charge in [-0.2, -0.15) is 0 Å². The van der Waals surface area contributed by atoms with Crippen molar-refractivity contribution < 1.29 is 9.90 Å². The molecule has 0 aliphatic heterocycles. The van der Waals surface area contributed by atoms with Gasteiger partial charge in [0.2, 0.25) is 5.91 Å². The largest absolute Gasteiger partial charge is 0.396 e. The molecule has 0 saturated heterocycles. The maximum Gasteiger partial charge on any atom is 0.257 e. The zero-order valence-corrected chi connectivity index (χ0v) is 17.9. The molecule has 2 aromatic carbocycles. The maximum absolute atomic E-state index is 13.1. The molecule has 0 atom stereocenters. The lowest BCUT2D eigenvalue weighted by Gasteiger charge is -2.16. The topological polar surface area (TPSA) is 84.2 Å². The monoisotopic (exact) mass is 455 g/mol. The van der Waals surface area contributed by atoms with E-state index in [-0.39, 0.29) is 31.0 Å². The number of hydrogen-bond donors (Lipinski definition) is 2. The van der Waals surface area contributed by atoms with Gasteiger partial charge in [-0.15, -0.1) is 0 Å². The molecule has 0 aliphatic carbocycles. The second kappa shape index (κ2) is 9.15. The first-order valence-electron chi connectivity index (χ1n) is 9.23. The van der Waals surface area contributed by atoms with E-state index in [4.69, 9.17) is 0 Å². The summed E-state index contributed by atoms with van der Waals surface area (Å²) in [6.45, 7) is 3.36. The fourth-order valence-electron chi connectivity index (χ4n) is 3.11. The molecule has 0 radical (unpaired) electrons. The fourth-order valence-corrected chi connectivity index (χ4v) is 3.70. The minimum absolute atomic E-state index is 0.162. The van der Waals surface area contributed by atoms with Crippen LogP contribution < -0.4 is 10.9 Å². The number of amides is 1. The van der Waals surface area contributed by atoms with Gasteiger partial charge in [0.05, 0.1) is 5.69 Å². The van der Waals surface area contributed by atoms with Crippen molar-refractivity contribution in [1.29, 1.82) is 0 Å². The number of aryl methyl sites for hydroxylation is 2. The van der Waals surface area contributed by atoms with E-state index in [0.29, 0.717) is 22.8 Å². The Morgan fingerprint density at radius 1 is 1.17 bits per heavy atom. The van der Waals surface area contributed by atoms with Gasteiger partial charge in [-0.3, -0.25) is 14.2 Å². The number of carbonyl (C=O) groups excluding carboxylic acids is 1. The van der Waals surface area contributed by atoms with E-state index in [2.05, 4.69) is 26.2 Å². The second-order valence-corrected chi connectivity index (χ2v) is 7.62. The molecular formula is C22H22BrN3O3. The summed E-state index contributed by atoms with van der Waals surface area (Å²) < 4.78 is 2.13. The van der Waals surface area contributed by atoms with Crippen molar-refractivity contribution in [2.45, 2.75) is 26.8 Å². The van der Waals surface area contributed by atoms with Gasteiger partial charge in [0.15, 0.2) is 0 Å². The van der Waals surface area contributed by atoms with E-state index < -0.39 is 0 Å². The van der Waals surface area contributed by atoms with Crippen LogP contribution in [0, 0.1) is 13.8 Å². The van der Waals surface area contributed by atoms with Gasteiger partial charge in [0, 0.05) is 34.3 Å². The van der Waals surface area contributed by atoms with E-state index in [9.17, 15) is 14.7 Å². The van der Waals surface area contributed by atoms with E-state index in [1.165, 1.54) is 4.57 Å².